The lowest BCUT2D eigenvalue weighted by atomic mass is 10.2. The van der Waals surface area contributed by atoms with E-state index in [1.54, 1.807) is 36.4 Å². The zero-order valence-corrected chi connectivity index (χ0v) is 14.6. The minimum Gasteiger partial charge on any atom is -0.494 e. The van der Waals surface area contributed by atoms with Crippen molar-refractivity contribution in [3.8, 4) is 5.75 Å². The Morgan fingerprint density at radius 3 is 2.46 bits per heavy atom. The third-order valence-electron chi connectivity index (χ3n) is 4.18. The molecule has 136 valence electrons. The summed E-state index contributed by atoms with van der Waals surface area (Å²) in [5.74, 6) is -0.118. The Morgan fingerprint density at radius 2 is 1.81 bits per heavy atom. The monoisotopic (exact) mass is 356 g/mol. The number of ether oxygens (including phenoxy) is 1. The number of halogens is 1. The number of hydrogen-bond acceptors (Lipinski definition) is 4. The normalized spacial score (nSPS) is 17.0. The van der Waals surface area contributed by atoms with E-state index in [0.717, 1.165) is 12.0 Å². The molecule has 5 nitrogen and oxygen atoms in total. The van der Waals surface area contributed by atoms with Crippen LogP contribution in [-0.4, -0.2) is 24.5 Å². The van der Waals surface area contributed by atoms with E-state index in [2.05, 4.69) is 5.32 Å². The van der Waals surface area contributed by atoms with Crippen LogP contribution in [0.2, 0.25) is 0 Å². The number of amides is 2. The van der Waals surface area contributed by atoms with Gasteiger partial charge in [-0.3, -0.25) is 9.59 Å². The van der Waals surface area contributed by atoms with Crippen molar-refractivity contribution in [2.75, 3.05) is 11.5 Å². The zero-order valence-electron chi connectivity index (χ0n) is 14.6. The fourth-order valence-corrected chi connectivity index (χ4v) is 2.82. The summed E-state index contributed by atoms with van der Waals surface area (Å²) in [5.41, 5.74) is 1.39. The molecule has 1 aliphatic rings. The minimum absolute atomic E-state index is 0.105. The van der Waals surface area contributed by atoms with Crippen molar-refractivity contribution in [1.29, 1.82) is 0 Å². The SMILES string of the molecule is CCCOc1ccc(N2C(=O)C[C@@H](NCc3ccc(F)cc3)C2=O)cc1. The van der Waals surface area contributed by atoms with Crippen LogP contribution in [0.5, 0.6) is 5.75 Å². The van der Waals surface area contributed by atoms with E-state index < -0.39 is 6.04 Å². The van der Waals surface area contributed by atoms with E-state index in [1.807, 2.05) is 6.92 Å². The lowest BCUT2D eigenvalue weighted by molar-refractivity contribution is -0.121. The van der Waals surface area contributed by atoms with Gasteiger partial charge in [0.15, 0.2) is 0 Å². The Balaban J connectivity index is 1.63. The molecule has 2 aromatic carbocycles. The third-order valence-corrected chi connectivity index (χ3v) is 4.18. The molecule has 0 radical (unpaired) electrons. The highest BCUT2D eigenvalue weighted by Crippen LogP contribution is 2.25. The number of hydrogen-bond donors (Lipinski definition) is 1. The average Bonchev–Trinajstić information content (AvgIpc) is 2.93. The van der Waals surface area contributed by atoms with Crippen LogP contribution in [0.15, 0.2) is 48.5 Å². The van der Waals surface area contributed by atoms with E-state index in [4.69, 9.17) is 4.74 Å². The summed E-state index contributed by atoms with van der Waals surface area (Å²) in [7, 11) is 0. The highest BCUT2D eigenvalue weighted by Gasteiger charge is 2.39. The predicted molar refractivity (Wildman–Crippen MR) is 96.4 cm³/mol. The fourth-order valence-electron chi connectivity index (χ4n) is 2.82. The minimum atomic E-state index is -0.580. The van der Waals surface area contributed by atoms with Gasteiger partial charge in [-0.15, -0.1) is 0 Å². The molecule has 0 bridgehead atoms. The number of nitrogens with zero attached hydrogens (tertiary/aromatic N) is 1. The van der Waals surface area contributed by atoms with Crippen molar-refractivity contribution in [2.24, 2.45) is 0 Å². The van der Waals surface area contributed by atoms with Gasteiger partial charge in [0.25, 0.3) is 5.91 Å². The first-order valence-electron chi connectivity index (χ1n) is 8.66. The second kappa shape index (κ2) is 8.10. The van der Waals surface area contributed by atoms with Crippen LogP contribution in [0.3, 0.4) is 0 Å². The van der Waals surface area contributed by atoms with Crippen molar-refractivity contribution in [3.05, 3.63) is 59.9 Å². The summed E-state index contributed by atoms with van der Waals surface area (Å²) in [6.45, 7) is 3.03. The van der Waals surface area contributed by atoms with Gasteiger partial charge in [0.2, 0.25) is 5.91 Å². The van der Waals surface area contributed by atoms with Crippen molar-refractivity contribution >= 4 is 17.5 Å². The van der Waals surface area contributed by atoms with E-state index in [1.165, 1.54) is 17.0 Å². The molecular weight excluding hydrogens is 335 g/mol. The zero-order chi connectivity index (χ0) is 18.5. The highest BCUT2D eigenvalue weighted by atomic mass is 19.1. The van der Waals surface area contributed by atoms with Gasteiger partial charge < -0.3 is 10.1 Å². The summed E-state index contributed by atoms with van der Waals surface area (Å²) >= 11 is 0. The maximum atomic E-state index is 12.9. The number of rotatable bonds is 7. The molecule has 1 N–H and O–H groups in total. The van der Waals surface area contributed by atoms with E-state index in [-0.39, 0.29) is 24.1 Å². The Labute approximate surface area is 151 Å². The largest absolute Gasteiger partial charge is 0.494 e. The second-order valence-electron chi connectivity index (χ2n) is 6.17. The molecule has 3 rings (SSSR count). The summed E-state index contributed by atoms with van der Waals surface area (Å²) < 4.78 is 18.5. The summed E-state index contributed by atoms with van der Waals surface area (Å²) in [5, 5.41) is 3.08. The summed E-state index contributed by atoms with van der Waals surface area (Å²) in [4.78, 5) is 26.1. The summed E-state index contributed by atoms with van der Waals surface area (Å²) in [6, 6.07) is 12.4. The van der Waals surface area contributed by atoms with E-state index in [0.29, 0.717) is 24.6 Å². The van der Waals surface area contributed by atoms with Gasteiger partial charge in [0.05, 0.1) is 24.8 Å². The standard InChI is InChI=1S/C20H21FN2O3/c1-2-11-26-17-9-7-16(8-10-17)23-19(24)12-18(20(23)25)22-13-14-3-5-15(21)6-4-14/h3-10,18,22H,2,11-13H2,1H3/t18-/m1/s1. The Bertz CT molecular complexity index is 775. The molecule has 0 saturated carbocycles. The molecule has 0 unspecified atom stereocenters. The van der Waals surface area contributed by atoms with Crippen molar-refractivity contribution in [3.63, 3.8) is 0 Å². The van der Waals surface area contributed by atoms with Crippen LogP contribution in [0.25, 0.3) is 0 Å². The van der Waals surface area contributed by atoms with Crippen molar-refractivity contribution in [1.82, 2.24) is 5.32 Å². The van der Waals surface area contributed by atoms with Crippen molar-refractivity contribution in [2.45, 2.75) is 32.4 Å². The number of anilines is 1. The molecular formula is C20H21FN2O3. The smallest absolute Gasteiger partial charge is 0.251 e. The molecule has 26 heavy (non-hydrogen) atoms. The van der Waals surface area contributed by atoms with Gasteiger partial charge in [-0.2, -0.15) is 0 Å². The van der Waals surface area contributed by atoms with Crippen molar-refractivity contribution < 1.29 is 18.7 Å². The third kappa shape index (κ3) is 4.08. The van der Waals surface area contributed by atoms with Gasteiger partial charge in [0.1, 0.15) is 11.6 Å². The molecule has 0 spiro atoms. The van der Waals surface area contributed by atoms with Crippen LogP contribution in [0, 0.1) is 5.82 Å². The van der Waals surface area contributed by atoms with E-state index in [9.17, 15) is 14.0 Å². The molecule has 2 amide bonds. The summed E-state index contributed by atoms with van der Waals surface area (Å²) in [6.07, 6.45) is 1.01. The maximum Gasteiger partial charge on any atom is 0.251 e. The van der Waals surface area contributed by atoms with Crippen LogP contribution in [0.1, 0.15) is 25.3 Å². The van der Waals surface area contributed by atoms with Crippen LogP contribution in [0.4, 0.5) is 10.1 Å². The Morgan fingerprint density at radius 1 is 1.12 bits per heavy atom. The first-order chi connectivity index (χ1) is 12.6. The number of benzene rings is 2. The molecule has 6 heteroatoms. The van der Waals surface area contributed by atoms with Crippen LogP contribution >= 0.6 is 0 Å². The van der Waals surface area contributed by atoms with Gasteiger partial charge in [0, 0.05) is 6.54 Å². The Hall–Kier alpha value is -2.73. The average molecular weight is 356 g/mol. The van der Waals surface area contributed by atoms with Gasteiger partial charge in [-0.25, -0.2) is 9.29 Å². The molecule has 1 saturated heterocycles. The molecule has 1 fully saturated rings. The van der Waals surface area contributed by atoms with Crippen LogP contribution < -0.4 is 15.0 Å². The molecule has 1 aliphatic heterocycles. The van der Waals surface area contributed by atoms with Gasteiger partial charge in [-0.05, 0) is 48.4 Å². The number of imide groups is 1. The second-order valence-corrected chi connectivity index (χ2v) is 6.17. The predicted octanol–water partition coefficient (Wildman–Crippen LogP) is 3.04. The number of carbonyl (C=O) groups excluding carboxylic acids is 2. The number of nitrogens with one attached hydrogen (secondary N) is 1. The molecule has 0 aliphatic carbocycles. The molecule has 0 aromatic heterocycles. The quantitative estimate of drug-likeness (QED) is 0.775. The van der Waals surface area contributed by atoms with Gasteiger partial charge in [-0.1, -0.05) is 19.1 Å². The lowest BCUT2D eigenvalue weighted by Gasteiger charge is -2.16. The highest BCUT2D eigenvalue weighted by molar-refractivity contribution is 6.22. The first kappa shape index (κ1) is 18.1. The lowest BCUT2D eigenvalue weighted by Crippen LogP contribution is -2.38. The maximum absolute atomic E-state index is 12.9. The number of carbonyl (C=O) groups is 2. The van der Waals surface area contributed by atoms with Crippen LogP contribution in [-0.2, 0) is 16.1 Å². The molecule has 2 aromatic rings. The van der Waals surface area contributed by atoms with E-state index >= 15 is 0 Å². The molecule has 1 heterocycles. The topological polar surface area (TPSA) is 58.6 Å². The molecule has 1 atom stereocenters. The first-order valence-corrected chi connectivity index (χ1v) is 8.66. The Kier molecular flexibility index (Phi) is 5.63. The van der Waals surface area contributed by atoms with Gasteiger partial charge >= 0.3 is 0 Å². The fraction of sp³-hybridized carbons (Fsp3) is 0.300.